The first-order valence-corrected chi connectivity index (χ1v) is 22.2. The van der Waals surface area contributed by atoms with Gasteiger partial charge in [-0.15, -0.1) is 0 Å². The van der Waals surface area contributed by atoms with Crippen molar-refractivity contribution >= 4 is 19.8 Å². The number of hydrogen-bond acceptors (Lipinski definition) is 8. The molecule has 0 amide bonds. The zero-order chi connectivity index (χ0) is 40.3. The Bertz CT molecular complexity index is 1220. The predicted molar refractivity (Wildman–Crippen MR) is 228 cm³/mol. The van der Waals surface area contributed by atoms with Gasteiger partial charge in [0, 0.05) is 19.4 Å². The molecule has 55 heavy (non-hydrogen) atoms. The standard InChI is InChI=1S/C45H74NO8P/c1-3-5-7-9-11-13-15-17-19-20-21-22-24-26-28-30-32-34-36-38-45(48)54-43(42-53-55(49,50)52-40-39-46)41-51-44(47)37-35-33-31-29-27-25-23-18-16-14-12-10-8-6-4-2/h5,7,11,13,17,19,21-22,25-28,31-34,43H,3-4,6,8-10,12,14-16,18,20,23-24,29-30,35-42,46H2,1-2H3,(H,49,50)/b7-5-,13-11-,19-17-,22-21-,27-25-,28-26-,33-31-,34-32-. The fourth-order valence-electron chi connectivity index (χ4n) is 4.95. The molecule has 2 unspecified atom stereocenters. The van der Waals surface area contributed by atoms with Crippen LogP contribution in [-0.4, -0.2) is 49.3 Å². The maximum absolute atomic E-state index is 12.5. The van der Waals surface area contributed by atoms with Gasteiger partial charge in [0.1, 0.15) is 6.61 Å². The zero-order valence-electron chi connectivity index (χ0n) is 34.1. The van der Waals surface area contributed by atoms with Crippen LogP contribution in [0.4, 0.5) is 0 Å². The third-order valence-corrected chi connectivity index (χ3v) is 8.97. The van der Waals surface area contributed by atoms with Crippen molar-refractivity contribution in [2.45, 2.75) is 148 Å². The number of unbranched alkanes of at least 4 members (excludes halogenated alkanes) is 8. The molecule has 10 heteroatoms. The fourth-order valence-corrected chi connectivity index (χ4v) is 5.71. The molecule has 0 spiro atoms. The van der Waals surface area contributed by atoms with Crippen molar-refractivity contribution in [3.05, 3.63) is 97.2 Å². The summed E-state index contributed by atoms with van der Waals surface area (Å²) in [5.41, 5.74) is 5.33. The number of esters is 2. The number of carbonyl (C=O) groups excluding carboxylic acids is 2. The van der Waals surface area contributed by atoms with Crippen LogP contribution >= 0.6 is 7.82 Å². The number of allylic oxidation sites excluding steroid dienone is 16. The summed E-state index contributed by atoms with van der Waals surface area (Å²) in [7, 11) is -4.41. The highest BCUT2D eigenvalue weighted by Crippen LogP contribution is 2.43. The van der Waals surface area contributed by atoms with E-state index in [2.05, 4.69) is 86.8 Å². The summed E-state index contributed by atoms with van der Waals surface area (Å²) in [5, 5.41) is 0. The molecule has 0 heterocycles. The molecule has 0 saturated carbocycles. The molecule has 2 atom stereocenters. The molecule has 0 aliphatic rings. The van der Waals surface area contributed by atoms with Crippen LogP contribution in [0.5, 0.6) is 0 Å². The van der Waals surface area contributed by atoms with Crippen molar-refractivity contribution in [2.75, 3.05) is 26.4 Å². The van der Waals surface area contributed by atoms with E-state index in [-0.39, 0.29) is 32.6 Å². The van der Waals surface area contributed by atoms with Gasteiger partial charge in [-0.2, -0.15) is 0 Å². The van der Waals surface area contributed by atoms with Crippen LogP contribution in [0.2, 0.25) is 0 Å². The van der Waals surface area contributed by atoms with Gasteiger partial charge < -0.3 is 20.1 Å². The van der Waals surface area contributed by atoms with Crippen LogP contribution in [-0.2, 0) is 32.7 Å². The van der Waals surface area contributed by atoms with E-state index in [1.807, 2.05) is 24.3 Å². The lowest BCUT2D eigenvalue weighted by Crippen LogP contribution is -2.29. The molecular formula is C45H74NO8P. The number of phosphoric ester groups is 1. The molecule has 0 aromatic rings. The second kappa shape index (κ2) is 40.6. The second-order valence-electron chi connectivity index (χ2n) is 13.1. The summed E-state index contributed by atoms with van der Waals surface area (Å²) in [6.07, 6.45) is 51.8. The summed E-state index contributed by atoms with van der Waals surface area (Å²) in [4.78, 5) is 34.7. The predicted octanol–water partition coefficient (Wildman–Crippen LogP) is 11.8. The maximum atomic E-state index is 12.5. The smallest absolute Gasteiger partial charge is 0.462 e. The van der Waals surface area contributed by atoms with Crippen molar-refractivity contribution in [3.8, 4) is 0 Å². The zero-order valence-corrected chi connectivity index (χ0v) is 35.0. The maximum Gasteiger partial charge on any atom is 0.472 e. The van der Waals surface area contributed by atoms with Crippen LogP contribution in [0.15, 0.2) is 97.2 Å². The molecule has 0 rings (SSSR count). The monoisotopic (exact) mass is 788 g/mol. The first kappa shape index (κ1) is 51.9. The van der Waals surface area contributed by atoms with E-state index in [0.29, 0.717) is 12.8 Å². The lowest BCUT2D eigenvalue weighted by molar-refractivity contribution is -0.161. The van der Waals surface area contributed by atoms with E-state index in [0.717, 1.165) is 51.4 Å². The molecule has 0 bridgehead atoms. The second-order valence-corrected chi connectivity index (χ2v) is 14.6. The minimum Gasteiger partial charge on any atom is -0.462 e. The van der Waals surface area contributed by atoms with Crippen molar-refractivity contribution in [2.24, 2.45) is 5.73 Å². The Kier molecular flexibility index (Phi) is 38.3. The number of nitrogens with two attached hydrogens (primary N) is 1. The van der Waals surface area contributed by atoms with Gasteiger partial charge in [0.25, 0.3) is 0 Å². The van der Waals surface area contributed by atoms with E-state index < -0.39 is 32.5 Å². The number of phosphoric acid groups is 1. The van der Waals surface area contributed by atoms with Crippen molar-refractivity contribution in [1.29, 1.82) is 0 Å². The van der Waals surface area contributed by atoms with Crippen LogP contribution in [0.3, 0.4) is 0 Å². The molecule has 0 aromatic carbocycles. The average Bonchev–Trinajstić information content (AvgIpc) is 3.17. The van der Waals surface area contributed by atoms with Crippen molar-refractivity contribution in [3.63, 3.8) is 0 Å². The molecule has 312 valence electrons. The van der Waals surface area contributed by atoms with Gasteiger partial charge in [0.15, 0.2) is 6.10 Å². The molecule has 0 aliphatic carbocycles. The van der Waals surface area contributed by atoms with E-state index in [4.69, 9.17) is 24.3 Å². The van der Waals surface area contributed by atoms with Crippen LogP contribution in [0, 0.1) is 0 Å². The molecule has 9 nitrogen and oxygen atoms in total. The third kappa shape index (κ3) is 40.4. The summed E-state index contributed by atoms with van der Waals surface area (Å²) >= 11 is 0. The van der Waals surface area contributed by atoms with Gasteiger partial charge in [-0.05, 0) is 70.6 Å². The molecule has 0 saturated heterocycles. The number of ether oxygens (including phenoxy) is 2. The van der Waals surface area contributed by atoms with Gasteiger partial charge in [0.2, 0.25) is 0 Å². The SMILES string of the molecule is CC/C=C\C/C=C\C/C=C\C/C=C\C/C=C\C/C=C\CCC(=O)OC(COC(=O)CC/C=C\C/C=C\CCCCCCCCCC)COP(=O)(O)OCCN. The number of hydrogen-bond donors (Lipinski definition) is 2. The average molecular weight is 788 g/mol. The number of rotatable bonds is 37. The summed E-state index contributed by atoms with van der Waals surface area (Å²) in [6, 6.07) is 0. The molecule has 0 aliphatic heterocycles. The Morgan fingerprint density at radius 2 is 1.00 bits per heavy atom. The Morgan fingerprint density at radius 3 is 1.49 bits per heavy atom. The van der Waals surface area contributed by atoms with Gasteiger partial charge >= 0.3 is 19.8 Å². The van der Waals surface area contributed by atoms with Gasteiger partial charge in [0.05, 0.1) is 13.2 Å². The molecular weight excluding hydrogens is 713 g/mol. The Labute approximate surface area is 334 Å². The Balaban J connectivity index is 4.41. The van der Waals surface area contributed by atoms with Crippen LogP contribution in [0.1, 0.15) is 142 Å². The summed E-state index contributed by atoms with van der Waals surface area (Å²) in [5.74, 6) is -1.02. The Hall–Kier alpha value is -3.07. The molecule has 0 aromatic heterocycles. The number of carbonyl (C=O) groups is 2. The summed E-state index contributed by atoms with van der Waals surface area (Å²) in [6.45, 7) is 3.43. The van der Waals surface area contributed by atoms with Gasteiger partial charge in [-0.25, -0.2) is 4.57 Å². The van der Waals surface area contributed by atoms with Gasteiger partial charge in [-0.3, -0.25) is 18.6 Å². The third-order valence-electron chi connectivity index (χ3n) is 7.98. The highest BCUT2D eigenvalue weighted by Gasteiger charge is 2.25. The summed E-state index contributed by atoms with van der Waals surface area (Å²) < 4.78 is 32.6. The topological polar surface area (TPSA) is 134 Å². The Morgan fingerprint density at radius 1 is 0.564 bits per heavy atom. The van der Waals surface area contributed by atoms with E-state index in [1.165, 1.54) is 51.4 Å². The minimum atomic E-state index is -4.41. The normalized spacial score (nSPS) is 14.3. The minimum absolute atomic E-state index is 0.0303. The molecule has 0 radical (unpaired) electrons. The molecule has 3 N–H and O–H groups in total. The van der Waals surface area contributed by atoms with Crippen molar-refractivity contribution in [1.82, 2.24) is 0 Å². The lowest BCUT2D eigenvalue weighted by Gasteiger charge is -2.19. The van der Waals surface area contributed by atoms with E-state index in [1.54, 1.807) is 0 Å². The van der Waals surface area contributed by atoms with E-state index in [9.17, 15) is 19.0 Å². The highest BCUT2D eigenvalue weighted by molar-refractivity contribution is 7.47. The van der Waals surface area contributed by atoms with Crippen molar-refractivity contribution < 1.29 is 37.6 Å². The first-order valence-electron chi connectivity index (χ1n) is 20.7. The van der Waals surface area contributed by atoms with Crippen LogP contribution < -0.4 is 5.73 Å². The highest BCUT2D eigenvalue weighted by atomic mass is 31.2. The van der Waals surface area contributed by atoms with Crippen LogP contribution in [0.25, 0.3) is 0 Å². The fraction of sp³-hybridized carbons (Fsp3) is 0.600. The largest absolute Gasteiger partial charge is 0.472 e. The quantitative estimate of drug-likeness (QED) is 0.0273. The lowest BCUT2D eigenvalue weighted by atomic mass is 10.1. The molecule has 0 fully saturated rings. The van der Waals surface area contributed by atoms with E-state index >= 15 is 0 Å². The first-order chi connectivity index (χ1) is 26.8. The van der Waals surface area contributed by atoms with Gasteiger partial charge in [-0.1, -0.05) is 156 Å².